The summed E-state index contributed by atoms with van der Waals surface area (Å²) < 4.78 is 2.02. The van der Waals surface area contributed by atoms with Gasteiger partial charge < -0.3 is 5.32 Å². The number of nitrogens with one attached hydrogen (secondary N) is 1. The molecule has 4 nitrogen and oxygen atoms in total. The number of hydrogen-bond acceptors (Lipinski definition) is 3. The molecule has 4 heteroatoms. The van der Waals surface area contributed by atoms with Crippen molar-refractivity contribution < 1.29 is 0 Å². The van der Waals surface area contributed by atoms with E-state index < -0.39 is 0 Å². The Balaban J connectivity index is 2.96. The van der Waals surface area contributed by atoms with Gasteiger partial charge >= 0.3 is 0 Å². The van der Waals surface area contributed by atoms with Crippen LogP contribution in [0.25, 0.3) is 0 Å². The highest BCUT2D eigenvalue weighted by Crippen LogP contribution is 2.22. The predicted octanol–water partition coefficient (Wildman–Crippen LogP) is 2.76. The van der Waals surface area contributed by atoms with Gasteiger partial charge in [-0.3, -0.25) is 9.58 Å². The predicted molar refractivity (Wildman–Crippen MR) is 90.7 cm³/mol. The van der Waals surface area contributed by atoms with Crippen LogP contribution in [0.2, 0.25) is 0 Å². The molecule has 1 aromatic rings. The van der Waals surface area contributed by atoms with Crippen LogP contribution in [-0.2, 0) is 13.5 Å². The first-order chi connectivity index (χ1) is 9.86. The van der Waals surface area contributed by atoms with Crippen LogP contribution in [-0.4, -0.2) is 45.9 Å². The topological polar surface area (TPSA) is 33.1 Å². The Hall–Kier alpha value is -0.870. The molecule has 1 N–H and O–H groups in total. The summed E-state index contributed by atoms with van der Waals surface area (Å²) in [6.45, 7) is 16.7. The summed E-state index contributed by atoms with van der Waals surface area (Å²) in [5, 5.41) is 8.25. The first-order valence-electron chi connectivity index (χ1n) is 8.34. The molecule has 0 saturated carbocycles. The molecule has 0 aliphatic carbocycles. The molecule has 1 unspecified atom stereocenters. The normalized spacial score (nSPS) is 13.9. The summed E-state index contributed by atoms with van der Waals surface area (Å²) in [6.07, 6.45) is 2.18. The van der Waals surface area contributed by atoms with Gasteiger partial charge in [-0.1, -0.05) is 20.8 Å². The molecule has 1 heterocycles. The zero-order valence-electron chi connectivity index (χ0n) is 15.0. The van der Waals surface area contributed by atoms with Gasteiger partial charge in [0.05, 0.1) is 5.69 Å². The Labute approximate surface area is 130 Å². The van der Waals surface area contributed by atoms with Gasteiger partial charge in [-0.05, 0) is 52.9 Å². The number of aromatic nitrogens is 2. The smallest absolute Gasteiger partial charge is 0.0596 e. The standard InChI is InChI=1S/C17H34N4/c1-8-11-18-16(17(5,6)21(9-2)10-3)13-15-12-14(4)19-20(15)7/h12,16,18H,8-11,13H2,1-7H3. The molecule has 0 bridgehead atoms. The van der Waals surface area contributed by atoms with Gasteiger partial charge in [-0.25, -0.2) is 0 Å². The minimum atomic E-state index is 0.122. The summed E-state index contributed by atoms with van der Waals surface area (Å²) in [7, 11) is 2.05. The van der Waals surface area contributed by atoms with Gasteiger partial charge in [0.25, 0.3) is 0 Å². The van der Waals surface area contributed by atoms with E-state index in [4.69, 9.17) is 0 Å². The number of likely N-dealkylation sites (N-methyl/N-ethyl adjacent to an activating group) is 1. The Morgan fingerprint density at radius 1 is 1.29 bits per heavy atom. The van der Waals surface area contributed by atoms with E-state index in [9.17, 15) is 0 Å². The molecule has 0 fully saturated rings. The molecule has 122 valence electrons. The van der Waals surface area contributed by atoms with Crippen LogP contribution in [0.5, 0.6) is 0 Å². The Bertz CT molecular complexity index is 418. The van der Waals surface area contributed by atoms with Gasteiger partial charge in [-0.2, -0.15) is 5.10 Å². The van der Waals surface area contributed by atoms with Crippen molar-refractivity contribution in [2.45, 2.75) is 66.0 Å². The fraction of sp³-hybridized carbons (Fsp3) is 0.824. The molecule has 0 saturated heterocycles. The van der Waals surface area contributed by atoms with E-state index in [0.29, 0.717) is 6.04 Å². The first kappa shape index (κ1) is 18.2. The van der Waals surface area contributed by atoms with E-state index in [-0.39, 0.29) is 5.54 Å². The Morgan fingerprint density at radius 3 is 2.33 bits per heavy atom. The number of hydrogen-bond donors (Lipinski definition) is 1. The van der Waals surface area contributed by atoms with Crippen LogP contribution in [0.15, 0.2) is 6.07 Å². The highest BCUT2D eigenvalue weighted by molar-refractivity contribution is 5.12. The Morgan fingerprint density at radius 2 is 1.90 bits per heavy atom. The lowest BCUT2D eigenvalue weighted by Crippen LogP contribution is -2.58. The minimum Gasteiger partial charge on any atom is -0.312 e. The largest absolute Gasteiger partial charge is 0.312 e. The van der Waals surface area contributed by atoms with E-state index in [2.05, 4.69) is 62.9 Å². The summed E-state index contributed by atoms with van der Waals surface area (Å²) in [5.41, 5.74) is 2.53. The first-order valence-corrected chi connectivity index (χ1v) is 8.34. The van der Waals surface area contributed by atoms with Crippen LogP contribution in [0.4, 0.5) is 0 Å². The van der Waals surface area contributed by atoms with E-state index in [1.807, 2.05) is 11.7 Å². The second-order valence-electron chi connectivity index (χ2n) is 6.44. The lowest BCUT2D eigenvalue weighted by molar-refractivity contribution is 0.0903. The second kappa shape index (κ2) is 7.95. The third-order valence-corrected chi connectivity index (χ3v) is 4.58. The van der Waals surface area contributed by atoms with Gasteiger partial charge in [0.1, 0.15) is 0 Å². The zero-order chi connectivity index (χ0) is 16.0. The van der Waals surface area contributed by atoms with Crippen molar-refractivity contribution in [1.29, 1.82) is 0 Å². The molecule has 0 aromatic carbocycles. The molecular formula is C17H34N4. The SMILES string of the molecule is CCCNC(Cc1cc(C)nn1C)C(C)(C)N(CC)CC. The lowest BCUT2D eigenvalue weighted by Gasteiger charge is -2.44. The van der Waals surface area contributed by atoms with Crippen molar-refractivity contribution in [2.24, 2.45) is 7.05 Å². The van der Waals surface area contributed by atoms with Crippen LogP contribution >= 0.6 is 0 Å². The highest BCUT2D eigenvalue weighted by atomic mass is 15.3. The van der Waals surface area contributed by atoms with Crippen molar-refractivity contribution in [3.05, 3.63) is 17.5 Å². The van der Waals surface area contributed by atoms with Crippen LogP contribution < -0.4 is 5.32 Å². The van der Waals surface area contributed by atoms with Crippen molar-refractivity contribution in [3.8, 4) is 0 Å². The third-order valence-electron chi connectivity index (χ3n) is 4.58. The average Bonchev–Trinajstić information content (AvgIpc) is 2.73. The lowest BCUT2D eigenvalue weighted by atomic mass is 9.88. The molecule has 21 heavy (non-hydrogen) atoms. The van der Waals surface area contributed by atoms with E-state index >= 15 is 0 Å². The van der Waals surface area contributed by atoms with Gasteiger partial charge in [0.2, 0.25) is 0 Å². The van der Waals surface area contributed by atoms with Crippen LogP contribution in [0.3, 0.4) is 0 Å². The van der Waals surface area contributed by atoms with Crippen molar-refractivity contribution in [1.82, 2.24) is 20.0 Å². The molecular weight excluding hydrogens is 260 g/mol. The van der Waals surface area contributed by atoms with E-state index in [1.54, 1.807) is 0 Å². The summed E-state index contributed by atoms with van der Waals surface area (Å²) in [5.74, 6) is 0. The third kappa shape index (κ3) is 4.55. The van der Waals surface area contributed by atoms with Gasteiger partial charge in [0.15, 0.2) is 0 Å². The van der Waals surface area contributed by atoms with Crippen LogP contribution in [0.1, 0.15) is 52.4 Å². The van der Waals surface area contributed by atoms with Crippen molar-refractivity contribution >= 4 is 0 Å². The molecule has 0 amide bonds. The highest BCUT2D eigenvalue weighted by Gasteiger charge is 2.34. The minimum absolute atomic E-state index is 0.122. The van der Waals surface area contributed by atoms with Crippen molar-refractivity contribution in [2.75, 3.05) is 19.6 Å². The van der Waals surface area contributed by atoms with Crippen LogP contribution in [0, 0.1) is 6.92 Å². The van der Waals surface area contributed by atoms with E-state index in [0.717, 1.165) is 38.2 Å². The Kier molecular flexibility index (Phi) is 6.88. The maximum atomic E-state index is 4.49. The maximum Gasteiger partial charge on any atom is 0.0596 e. The zero-order valence-corrected chi connectivity index (χ0v) is 15.0. The van der Waals surface area contributed by atoms with Gasteiger partial charge in [-0.15, -0.1) is 0 Å². The molecule has 0 aliphatic rings. The summed E-state index contributed by atoms with van der Waals surface area (Å²) in [4.78, 5) is 2.55. The summed E-state index contributed by atoms with van der Waals surface area (Å²) in [6, 6.07) is 2.63. The monoisotopic (exact) mass is 294 g/mol. The van der Waals surface area contributed by atoms with E-state index in [1.165, 1.54) is 5.69 Å². The van der Waals surface area contributed by atoms with Gasteiger partial charge in [0, 0.05) is 30.7 Å². The van der Waals surface area contributed by atoms with Crippen molar-refractivity contribution in [3.63, 3.8) is 0 Å². The molecule has 0 aliphatic heterocycles. The number of nitrogens with zero attached hydrogens (tertiary/aromatic N) is 3. The fourth-order valence-corrected chi connectivity index (χ4v) is 3.21. The quantitative estimate of drug-likeness (QED) is 0.760. The maximum absolute atomic E-state index is 4.49. The molecule has 0 spiro atoms. The number of rotatable bonds is 9. The molecule has 1 atom stereocenters. The average molecular weight is 294 g/mol. The molecule has 1 rings (SSSR count). The second-order valence-corrected chi connectivity index (χ2v) is 6.44. The number of aryl methyl sites for hydroxylation is 2. The molecule has 0 radical (unpaired) electrons. The fourth-order valence-electron chi connectivity index (χ4n) is 3.21. The molecule has 1 aromatic heterocycles. The summed E-state index contributed by atoms with van der Waals surface area (Å²) >= 11 is 0.